The van der Waals surface area contributed by atoms with E-state index in [0.717, 1.165) is 5.57 Å². The molecule has 0 bridgehead atoms. The second-order valence-corrected chi connectivity index (χ2v) is 4.59. The Hall–Kier alpha value is -1.31. The molecule has 96 valence electrons. The molecule has 0 rings (SSSR count). The molecule has 0 atom stereocenters. The van der Waals surface area contributed by atoms with Crippen LogP contribution in [0.2, 0.25) is 0 Å². The average molecular weight is 236 g/mol. The van der Waals surface area contributed by atoms with Gasteiger partial charge in [-0.3, -0.25) is 0 Å². The predicted octanol–water partition coefficient (Wildman–Crippen LogP) is 4.04. The van der Waals surface area contributed by atoms with Crippen molar-refractivity contribution in [2.24, 2.45) is 5.92 Å². The Morgan fingerprint density at radius 2 is 1.71 bits per heavy atom. The van der Waals surface area contributed by atoms with E-state index in [1.54, 1.807) is 6.92 Å². The van der Waals surface area contributed by atoms with Crippen LogP contribution in [0, 0.1) is 5.92 Å². The van der Waals surface area contributed by atoms with Crippen LogP contribution in [0.3, 0.4) is 0 Å². The molecule has 0 fully saturated rings. The van der Waals surface area contributed by atoms with Crippen molar-refractivity contribution in [1.82, 2.24) is 0 Å². The van der Waals surface area contributed by atoms with Gasteiger partial charge in [-0.2, -0.15) is 0 Å². The molecule has 0 saturated carbocycles. The molecule has 0 saturated heterocycles. The van der Waals surface area contributed by atoms with E-state index in [1.165, 1.54) is 5.57 Å². The molecule has 0 aromatic carbocycles. The molecule has 0 aliphatic heterocycles. The molecular formula is C15H24O2. The van der Waals surface area contributed by atoms with E-state index in [2.05, 4.69) is 32.9 Å². The smallest absolute Gasteiger partial charge is 0.333 e. The summed E-state index contributed by atoms with van der Waals surface area (Å²) < 4.78 is 4.93. The number of esters is 1. The van der Waals surface area contributed by atoms with Gasteiger partial charge in [0, 0.05) is 5.57 Å². The molecule has 0 heterocycles. The van der Waals surface area contributed by atoms with Gasteiger partial charge in [0.2, 0.25) is 0 Å². The Labute approximate surface area is 105 Å². The van der Waals surface area contributed by atoms with Gasteiger partial charge in [-0.15, -0.1) is 0 Å². The SMILES string of the molecule is CCOC(=O)/C(C)=C/C(C)=C/C(C)=C/C(C)C. The normalized spacial score (nSPS) is 14.2. The van der Waals surface area contributed by atoms with Crippen molar-refractivity contribution in [3.05, 3.63) is 34.9 Å². The van der Waals surface area contributed by atoms with E-state index >= 15 is 0 Å². The zero-order valence-corrected chi connectivity index (χ0v) is 11.8. The van der Waals surface area contributed by atoms with Crippen LogP contribution in [0.5, 0.6) is 0 Å². The summed E-state index contributed by atoms with van der Waals surface area (Å²) >= 11 is 0. The van der Waals surface area contributed by atoms with Crippen molar-refractivity contribution in [1.29, 1.82) is 0 Å². The summed E-state index contributed by atoms with van der Waals surface area (Å²) in [6.07, 6.45) is 6.12. The Morgan fingerprint density at radius 1 is 1.12 bits per heavy atom. The minimum atomic E-state index is -0.245. The maximum Gasteiger partial charge on any atom is 0.333 e. The molecule has 17 heavy (non-hydrogen) atoms. The van der Waals surface area contributed by atoms with Crippen LogP contribution in [-0.4, -0.2) is 12.6 Å². The number of hydrogen-bond donors (Lipinski definition) is 0. The second-order valence-electron chi connectivity index (χ2n) is 4.59. The van der Waals surface area contributed by atoms with E-state index in [4.69, 9.17) is 4.74 Å². The third-order valence-electron chi connectivity index (χ3n) is 2.09. The van der Waals surface area contributed by atoms with Gasteiger partial charge in [-0.25, -0.2) is 4.79 Å². The first-order valence-corrected chi connectivity index (χ1v) is 6.09. The van der Waals surface area contributed by atoms with Gasteiger partial charge in [0.25, 0.3) is 0 Å². The van der Waals surface area contributed by atoms with Gasteiger partial charge in [0.05, 0.1) is 6.61 Å². The molecule has 0 aliphatic carbocycles. The number of carbonyl (C=O) groups is 1. The first kappa shape index (κ1) is 15.7. The van der Waals surface area contributed by atoms with Crippen molar-refractivity contribution in [3.8, 4) is 0 Å². The highest BCUT2D eigenvalue weighted by Crippen LogP contribution is 2.09. The minimum Gasteiger partial charge on any atom is -0.463 e. The van der Waals surface area contributed by atoms with Crippen molar-refractivity contribution in [2.75, 3.05) is 6.61 Å². The fourth-order valence-corrected chi connectivity index (χ4v) is 1.62. The molecule has 0 aromatic heterocycles. The van der Waals surface area contributed by atoms with Gasteiger partial charge >= 0.3 is 5.97 Å². The van der Waals surface area contributed by atoms with Crippen molar-refractivity contribution < 1.29 is 9.53 Å². The third-order valence-corrected chi connectivity index (χ3v) is 2.09. The summed E-state index contributed by atoms with van der Waals surface area (Å²) in [7, 11) is 0. The van der Waals surface area contributed by atoms with Crippen LogP contribution >= 0.6 is 0 Å². The molecule has 0 spiro atoms. The fourth-order valence-electron chi connectivity index (χ4n) is 1.62. The molecule has 0 unspecified atom stereocenters. The van der Waals surface area contributed by atoms with Crippen LogP contribution in [0.4, 0.5) is 0 Å². The van der Waals surface area contributed by atoms with Gasteiger partial charge in [0.15, 0.2) is 0 Å². The highest BCUT2D eigenvalue weighted by Gasteiger charge is 2.03. The zero-order valence-electron chi connectivity index (χ0n) is 11.8. The van der Waals surface area contributed by atoms with Gasteiger partial charge in [-0.1, -0.05) is 37.1 Å². The maximum absolute atomic E-state index is 11.4. The highest BCUT2D eigenvalue weighted by molar-refractivity contribution is 5.88. The number of hydrogen-bond acceptors (Lipinski definition) is 2. The molecular weight excluding hydrogens is 212 g/mol. The van der Waals surface area contributed by atoms with E-state index in [9.17, 15) is 4.79 Å². The highest BCUT2D eigenvalue weighted by atomic mass is 16.5. The maximum atomic E-state index is 11.4. The lowest BCUT2D eigenvalue weighted by Crippen LogP contribution is -2.05. The van der Waals surface area contributed by atoms with Gasteiger partial charge in [-0.05, 0) is 39.7 Å². The number of allylic oxidation sites excluding steroid dienone is 5. The molecule has 0 N–H and O–H groups in total. The molecule has 0 aromatic rings. The summed E-state index contributed by atoms with van der Waals surface area (Å²) in [5.41, 5.74) is 2.91. The van der Waals surface area contributed by atoms with Gasteiger partial charge < -0.3 is 4.74 Å². The van der Waals surface area contributed by atoms with E-state index < -0.39 is 0 Å². The first-order valence-electron chi connectivity index (χ1n) is 6.09. The van der Waals surface area contributed by atoms with Crippen LogP contribution in [-0.2, 0) is 9.53 Å². The topological polar surface area (TPSA) is 26.3 Å². The standard InChI is InChI=1S/C15H24O2/c1-7-17-15(16)14(6)10-13(5)9-12(4)8-11(2)3/h8-11H,7H2,1-6H3/b12-8+,13-9+,14-10+. The lowest BCUT2D eigenvalue weighted by Gasteiger charge is -2.02. The average Bonchev–Trinajstić information content (AvgIpc) is 2.15. The molecule has 0 aliphatic rings. The first-order chi connectivity index (χ1) is 7.86. The van der Waals surface area contributed by atoms with Crippen molar-refractivity contribution in [2.45, 2.75) is 41.5 Å². The fraction of sp³-hybridized carbons (Fsp3) is 0.533. The second kappa shape index (κ2) is 7.88. The molecule has 0 amide bonds. The lowest BCUT2D eigenvalue weighted by atomic mass is 10.1. The van der Waals surface area contributed by atoms with E-state index in [1.807, 2.05) is 19.9 Å². The zero-order chi connectivity index (χ0) is 13.4. The Morgan fingerprint density at radius 3 is 2.18 bits per heavy atom. The molecule has 2 nitrogen and oxygen atoms in total. The van der Waals surface area contributed by atoms with Crippen LogP contribution in [0.15, 0.2) is 34.9 Å². The van der Waals surface area contributed by atoms with Crippen LogP contribution in [0.25, 0.3) is 0 Å². The summed E-state index contributed by atoms with van der Waals surface area (Å²) in [5.74, 6) is 0.292. The Kier molecular flexibility index (Phi) is 7.27. The minimum absolute atomic E-state index is 0.245. The third kappa shape index (κ3) is 7.56. The monoisotopic (exact) mass is 236 g/mol. The van der Waals surface area contributed by atoms with Crippen molar-refractivity contribution >= 4 is 5.97 Å². The molecule has 2 heteroatoms. The van der Waals surface area contributed by atoms with Crippen LogP contribution in [0.1, 0.15) is 41.5 Å². The van der Waals surface area contributed by atoms with E-state index in [-0.39, 0.29) is 5.97 Å². The lowest BCUT2D eigenvalue weighted by molar-refractivity contribution is -0.138. The summed E-state index contributed by atoms with van der Waals surface area (Å²) in [6, 6.07) is 0. The molecule has 0 radical (unpaired) electrons. The number of rotatable bonds is 5. The van der Waals surface area contributed by atoms with Crippen LogP contribution < -0.4 is 0 Å². The Balaban J connectivity index is 4.72. The summed E-state index contributed by atoms with van der Waals surface area (Å²) in [6.45, 7) is 12.3. The largest absolute Gasteiger partial charge is 0.463 e. The quantitative estimate of drug-likeness (QED) is 0.409. The number of ether oxygens (including phenoxy) is 1. The van der Waals surface area contributed by atoms with E-state index in [0.29, 0.717) is 18.1 Å². The van der Waals surface area contributed by atoms with Gasteiger partial charge in [0.1, 0.15) is 0 Å². The number of carbonyl (C=O) groups excluding carboxylic acids is 1. The summed E-state index contributed by atoms with van der Waals surface area (Å²) in [5, 5.41) is 0. The Bertz CT molecular complexity index is 344. The predicted molar refractivity (Wildman–Crippen MR) is 72.7 cm³/mol. The van der Waals surface area contributed by atoms with Crippen molar-refractivity contribution in [3.63, 3.8) is 0 Å². The summed E-state index contributed by atoms with van der Waals surface area (Å²) in [4.78, 5) is 11.4.